The largest absolute Gasteiger partial charge is 0.454 e. The number of carbonyl (C=O) groups is 5. The van der Waals surface area contributed by atoms with E-state index in [-0.39, 0.29) is 45.7 Å². The van der Waals surface area contributed by atoms with Gasteiger partial charge in [-0.2, -0.15) is 4.31 Å². The predicted molar refractivity (Wildman–Crippen MR) is 200 cm³/mol. The summed E-state index contributed by atoms with van der Waals surface area (Å²) in [5, 5.41) is 2.04. The van der Waals surface area contributed by atoms with Crippen LogP contribution in [0.15, 0.2) is 24.3 Å². The van der Waals surface area contributed by atoms with Gasteiger partial charge in [0.15, 0.2) is 11.5 Å². The van der Waals surface area contributed by atoms with Gasteiger partial charge in [0.2, 0.25) is 38.7 Å². The highest BCUT2D eigenvalue weighted by Gasteiger charge is 2.62. The van der Waals surface area contributed by atoms with Gasteiger partial charge in [-0.05, 0) is 82.6 Å². The molecule has 1 aromatic carbocycles. The molecule has 57 heavy (non-hydrogen) atoms. The van der Waals surface area contributed by atoms with E-state index in [0.717, 1.165) is 22.3 Å². The lowest BCUT2D eigenvalue weighted by Gasteiger charge is -2.35. The topological polar surface area (TPSA) is 224 Å². The Morgan fingerprint density at radius 1 is 0.982 bits per heavy atom. The van der Waals surface area contributed by atoms with Gasteiger partial charge < -0.3 is 29.2 Å². The molecule has 3 fully saturated rings. The molecule has 0 radical (unpaired) electrons. The highest BCUT2D eigenvalue weighted by molar-refractivity contribution is 7.91. The van der Waals surface area contributed by atoms with E-state index >= 15 is 0 Å². The standard InChI is InChI=1S/C37H49N5O13S2/c1-36(2,3)55-35(47)42(56(4,48)49)27-11-9-7-5-6-8-10-24-17-37(24,33(45)39-57(50,51)26-12-13-26)38-31(43)28-16-25(20-41(28)32(27)44)54-34(46)40-18-22-14-29-30(53-21-52-29)15-23(22)19-40/h8,10,14-15,24-28H,5-7,9,11-13,16-21H2,1-4H3,(H,38,43)(H,39,45)/b10-8-/t24-,25-,27+,28+,37-/m1/s1. The molecule has 2 N–H and O–H groups in total. The highest BCUT2D eigenvalue weighted by atomic mass is 32.2. The number of sulfonamides is 2. The zero-order valence-electron chi connectivity index (χ0n) is 32.4. The van der Waals surface area contributed by atoms with E-state index in [1.807, 2.05) is 6.08 Å². The van der Waals surface area contributed by atoms with Crippen molar-refractivity contribution < 1.29 is 59.8 Å². The van der Waals surface area contributed by atoms with Gasteiger partial charge in [0, 0.05) is 25.4 Å². The molecule has 0 unspecified atom stereocenters. The first-order chi connectivity index (χ1) is 26.8. The summed E-state index contributed by atoms with van der Waals surface area (Å²) in [7, 11) is -8.42. The molecule has 20 heteroatoms. The van der Waals surface area contributed by atoms with Crippen molar-refractivity contribution >= 4 is 50.0 Å². The fourth-order valence-electron chi connectivity index (χ4n) is 7.85. The van der Waals surface area contributed by atoms with Crippen LogP contribution in [-0.4, -0.2) is 115 Å². The second kappa shape index (κ2) is 15.0. The average Bonchev–Trinajstić information content (AvgIpc) is 3.92. The maximum Gasteiger partial charge on any atom is 0.424 e. The van der Waals surface area contributed by atoms with Gasteiger partial charge in [0.1, 0.15) is 29.3 Å². The fraction of sp³-hybridized carbons (Fsp3) is 0.649. The zero-order chi connectivity index (χ0) is 41.1. The van der Waals surface area contributed by atoms with Gasteiger partial charge in [-0.1, -0.05) is 25.0 Å². The monoisotopic (exact) mass is 835 g/mol. The van der Waals surface area contributed by atoms with Crippen LogP contribution < -0.4 is 19.5 Å². The third kappa shape index (κ3) is 8.66. The summed E-state index contributed by atoms with van der Waals surface area (Å²) in [6.45, 7) is 4.80. The number of rotatable bonds is 6. The van der Waals surface area contributed by atoms with Gasteiger partial charge in [-0.25, -0.2) is 26.4 Å². The molecule has 312 valence electrons. The minimum atomic E-state index is -4.43. The minimum Gasteiger partial charge on any atom is -0.454 e. The van der Waals surface area contributed by atoms with E-state index in [0.29, 0.717) is 54.3 Å². The number of hydrogen-bond donors (Lipinski definition) is 2. The zero-order valence-corrected chi connectivity index (χ0v) is 34.0. The smallest absolute Gasteiger partial charge is 0.424 e. The minimum absolute atomic E-state index is 0.0956. The van der Waals surface area contributed by atoms with Crippen LogP contribution in [-0.2, 0) is 57.0 Å². The number of nitrogens with zero attached hydrogens (tertiary/aromatic N) is 3. The van der Waals surface area contributed by atoms with Crippen molar-refractivity contribution in [2.75, 3.05) is 19.6 Å². The van der Waals surface area contributed by atoms with Crippen LogP contribution in [0, 0.1) is 5.92 Å². The van der Waals surface area contributed by atoms with E-state index in [2.05, 4.69) is 10.0 Å². The highest BCUT2D eigenvalue weighted by Crippen LogP contribution is 2.46. The quantitative estimate of drug-likeness (QED) is 0.394. The first kappa shape index (κ1) is 40.6. The van der Waals surface area contributed by atoms with Crippen LogP contribution >= 0.6 is 0 Å². The Morgan fingerprint density at radius 2 is 1.65 bits per heavy atom. The molecular formula is C37H49N5O13S2. The van der Waals surface area contributed by atoms with Crippen molar-refractivity contribution in [2.24, 2.45) is 5.92 Å². The number of nitrogens with one attached hydrogen (secondary N) is 2. The van der Waals surface area contributed by atoms with E-state index in [1.54, 1.807) is 39.0 Å². The third-order valence-electron chi connectivity index (χ3n) is 11.0. The van der Waals surface area contributed by atoms with Crippen LogP contribution in [0.25, 0.3) is 0 Å². The lowest BCUT2D eigenvalue weighted by atomic mass is 10.0. The van der Waals surface area contributed by atoms with E-state index in [4.69, 9.17) is 18.9 Å². The Hall–Kier alpha value is -4.59. The maximum absolute atomic E-state index is 14.8. The Bertz CT molecular complexity index is 2070. The molecule has 4 heterocycles. The summed E-state index contributed by atoms with van der Waals surface area (Å²) in [4.78, 5) is 72.6. The first-order valence-corrected chi connectivity index (χ1v) is 22.6. The molecule has 4 aliphatic heterocycles. The Kier molecular flexibility index (Phi) is 10.7. The molecule has 18 nitrogen and oxygen atoms in total. The summed E-state index contributed by atoms with van der Waals surface area (Å²) in [5.41, 5.74) is -1.11. The molecule has 0 aromatic heterocycles. The summed E-state index contributed by atoms with van der Waals surface area (Å²) < 4.78 is 77.2. The summed E-state index contributed by atoms with van der Waals surface area (Å²) in [5.74, 6) is -2.07. The molecule has 1 aromatic rings. The van der Waals surface area contributed by atoms with Gasteiger partial charge in [-0.3, -0.25) is 24.0 Å². The Labute approximate surface area is 331 Å². The Balaban J connectivity index is 1.18. The van der Waals surface area contributed by atoms with E-state index < -0.39 is 90.5 Å². The number of allylic oxidation sites excluding steroid dienone is 1. The van der Waals surface area contributed by atoms with E-state index in [1.165, 1.54) is 4.90 Å². The van der Waals surface area contributed by atoms with Crippen molar-refractivity contribution in [3.05, 3.63) is 35.4 Å². The van der Waals surface area contributed by atoms with Crippen LogP contribution in [0.5, 0.6) is 11.5 Å². The van der Waals surface area contributed by atoms with Crippen LogP contribution in [0.2, 0.25) is 0 Å². The fourth-order valence-corrected chi connectivity index (χ4v) is 10.2. The summed E-state index contributed by atoms with van der Waals surface area (Å²) in [6, 6.07) is 0.544. The normalized spacial score (nSPS) is 28.1. The third-order valence-corrected chi connectivity index (χ3v) is 13.9. The summed E-state index contributed by atoms with van der Waals surface area (Å²) >= 11 is 0. The molecule has 0 spiro atoms. The SMILES string of the molecule is CC(C)(C)OC(=O)N([C@H]1CCCCC/C=C\[C@@H]2C[C@@]2(C(=O)NS(=O)(=O)C2CC2)NC(=O)[C@@H]2C[C@@H](OC(=O)N3Cc4cc5c(cc4C3)OCO5)CN2C1=O)S(C)(=O)=O. The van der Waals surface area contributed by atoms with Crippen molar-refractivity contribution in [1.82, 2.24) is 24.1 Å². The summed E-state index contributed by atoms with van der Waals surface area (Å²) in [6.07, 6.45) is 3.94. The number of amides is 5. The number of carbonyl (C=O) groups excluding carboxylic acids is 5. The average molecular weight is 836 g/mol. The predicted octanol–water partition coefficient (Wildman–Crippen LogP) is 2.41. The molecule has 2 saturated carbocycles. The maximum atomic E-state index is 14.8. The first-order valence-electron chi connectivity index (χ1n) is 19.2. The number of ether oxygens (including phenoxy) is 4. The lowest BCUT2D eigenvalue weighted by molar-refractivity contribution is -0.142. The molecule has 6 aliphatic rings. The van der Waals surface area contributed by atoms with Gasteiger partial charge in [0.05, 0.1) is 18.1 Å². The molecular weight excluding hydrogens is 787 g/mol. The molecule has 0 bridgehead atoms. The molecule has 5 amide bonds. The molecule has 5 atom stereocenters. The van der Waals surface area contributed by atoms with Crippen molar-refractivity contribution in [3.63, 3.8) is 0 Å². The van der Waals surface area contributed by atoms with Crippen molar-refractivity contribution in [1.29, 1.82) is 0 Å². The Morgan fingerprint density at radius 3 is 2.26 bits per heavy atom. The van der Waals surface area contributed by atoms with E-state index in [9.17, 15) is 40.8 Å². The van der Waals surface area contributed by atoms with Gasteiger partial charge >= 0.3 is 12.2 Å². The molecule has 7 rings (SSSR count). The van der Waals surface area contributed by atoms with Gasteiger partial charge in [0.25, 0.3) is 5.91 Å². The molecule has 1 saturated heterocycles. The second-order valence-electron chi connectivity index (χ2n) is 16.6. The van der Waals surface area contributed by atoms with Gasteiger partial charge in [-0.15, -0.1) is 0 Å². The van der Waals surface area contributed by atoms with Crippen LogP contribution in [0.1, 0.15) is 89.7 Å². The second-order valence-corrected chi connectivity index (χ2v) is 20.5. The van der Waals surface area contributed by atoms with Crippen molar-refractivity contribution in [2.45, 2.75) is 126 Å². The number of benzene rings is 1. The van der Waals surface area contributed by atoms with Crippen LogP contribution in [0.3, 0.4) is 0 Å². The van der Waals surface area contributed by atoms with Crippen molar-refractivity contribution in [3.8, 4) is 11.5 Å². The molecule has 2 aliphatic carbocycles. The number of fused-ring (bicyclic) bond motifs is 4. The van der Waals surface area contributed by atoms with Crippen LogP contribution in [0.4, 0.5) is 9.59 Å². The number of hydrogen-bond acceptors (Lipinski definition) is 13. The lowest BCUT2D eigenvalue weighted by Crippen LogP contribution is -2.59.